The highest BCUT2D eigenvalue weighted by Gasteiger charge is 2.32. The van der Waals surface area contributed by atoms with E-state index in [0.717, 1.165) is 24.2 Å². The van der Waals surface area contributed by atoms with Gasteiger partial charge in [0.05, 0.1) is 5.69 Å². The van der Waals surface area contributed by atoms with Crippen molar-refractivity contribution in [2.45, 2.75) is 25.8 Å². The first-order valence-corrected chi connectivity index (χ1v) is 6.02. The Morgan fingerprint density at radius 1 is 1.56 bits per heavy atom. The summed E-state index contributed by atoms with van der Waals surface area (Å²) in [5.41, 5.74) is 2.32. The third-order valence-corrected chi connectivity index (χ3v) is 3.35. The van der Waals surface area contributed by atoms with Gasteiger partial charge >= 0.3 is 5.97 Å². The van der Waals surface area contributed by atoms with Crippen LogP contribution in [-0.4, -0.2) is 28.6 Å². The molecule has 0 spiro atoms. The summed E-state index contributed by atoms with van der Waals surface area (Å²) in [6.07, 6.45) is 1.58. The molecule has 18 heavy (non-hydrogen) atoms. The van der Waals surface area contributed by atoms with Gasteiger partial charge in [-0.2, -0.15) is 0 Å². The van der Waals surface area contributed by atoms with Crippen LogP contribution in [0.5, 0.6) is 0 Å². The van der Waals surface area contributed by atoms with Crippen molar-refractivity contribution in [1.29, 1.82) is 0 Å². The van der Waals surface area contributed by atoms with Crippen molar-refractivity contribution in [1.82, 2.24) is 4.98 Å². The van der Waals surface area contributed by atoms with Crippen LogP contribution < -0.4 is 4.90 Å². The zero-order valence-corrected chi connectivity index (χ0v) is 10.1. The standard InChI is InChI=1S/C13H14N2O3/c1-8-14-12-9(4-2-6-11(12)18-8)15-7-3-5-10(15)13(16)17/h2,4,6,10H,3,5,7H2,1H3,(H,16,17). The molecule has 1 unspecified atom stereocenters. The number of hydrogen-bond acceptors (Lipinski definition) is 4. The number of benzene rings is 1. The van der Waals surface area contributed by atoms with E-state index in [1.54, 1.807) is 6.92 Å². The molecule has 0 saturated carbocycles. The van der Waals surface area contributed by atoms with Gasteiger partial charge in [0.15, 0.2) is 11.5 Å². The number of nitrogens with zero attached hydrogens (tertiary/aromatic N) is 2. The van der Waals surface area contributed by atoms with Crippen LogP contribution in [0.2, 0.25) is 0 Å². The third-order valence-electron chi connectivity index (χ3n) is 3.35. The lowest BCUT2D eigenvalue weighted by atomic mass is 10.2. The lowest BCUT2D eigenvalue weighted by Gasteiger charge is -2.23. The first-order valence-electron chi connectivity index (χ1n) is 6.02. The van der Waals surface area contributed by atoms with Gasteiger partial charge in [-0.3, -0.25) is 0 Å². The molecule has 94 valence electrons. The molecule has 2 heterocycles. The first-order chi connectivity index (χ1) is 8.66. The summed E-state index contributed by atoms with van der Waals surface area (Å²) in [6.45, 7) is 2.55. The number of carbonyl (C=O) groups is 1. The lowest BCUT2D eigenvalue weighted by Crippen LogP contribution is -2.35. The summed E-state index contributed by atoms with van der Waals surface area (Å²) in [5, 5.41) is 9.24. The highest BCUT2D eigenvalue weighted by Crippen LogP contribution is 2.32. The van der Waals surface area contributed by atoms with Crippen molar-refractivity contribution in [2.24, 2.45) is 0 Å². The molecule has 5 heteroatoms. The Morgan fingerprint density at radius 2 is 2.39 bits per heavy atom. The highest BCUT2D eigenvalue weighted by molar-refractivity contribution is 5.90. The van der Waals surface area contributed by atoms with Gasteiger partial charge in [-0.15, -0.1) is 0 Å². The number of hydrogen-bond donors (Lipinski definition) is 1. The Labute approximate surface area is 104 Å². The van der Waals surface area contributed by atoms with E-state index < -0.39 is 12.0 Å². The maximum atomic E-state index is 11.2. The highest BCUT2D eigenvalue weighted by atomic mass is 16.4. The van der Waals surface area contributed by atoms with Gasteiger partial charge in [0, 0.05) is 13.5 Å². The maximum absolute atomic E-state index is 11.2. The number of aromatic nitrogens is 1. The second-order valence-corrected chi connectivity index (χ2v) is 4.55. The Morgan fingerprint density at radius 3 is 3.17 bits per heavy atom. The fourth-order valence-electron chi connectivity index (χ4n) is 2.59. The molecule has 0 amide bonds. The summed E-state index contributed by atoms with van der Waals surface area (Å²) in [5.74, 6) is -0.173. The lowest BCUT2D eigenvalue weighted by molar-refractivity contribution is -0.138. The van der Waals surface area contributed by atoms with Crippen molar-refractivity contribution in [2.75, 3.05) is 11.4 Å². The molecule has 1 atom stereocenters. The van der Waals surface area contributed by atoms with Gasteiger partial charge in [-0.1, -0.05) is 6.07 Å². The van der Waals surface area contributed by atoms with Crippen molar-refractivity contribution >= 4 is 22.8 Å². The van der Waals surface area contributed by atoms with Gasteiger partial charge in [-0.05, 0) is 25.0 Å². The predicted molar refractivity (Wildman–Crippen MR) is 66.7 cm³/mol. The van der Waals surface area contributed by atoms with E-state index >= 15 is 0 Å². The third kappa shape index (κ3) is 1.63. The van der Waals surface area contributed by atoms with Crippen LogP contribution in [0.25, 0.3) is 11.1 Å². The van der Waals surface area contributed by atoms with Crippen LogP contribution in [0, 0.1) is 6.92 Å². The van der Waals surface area contributed by atoms with Gasteiger partial charge in [-0.25, -0.2) is 9.78 Å². The summed E-state index contributed by atoms with van der Waals surface area (Å²) in [6, 6.07) is 5.18. The van der Waals surface area contributed by atoms with Crippen LogP contribution in [0.1, 0.15) is 18.7 Å². The number of carboxylic acids is 1. The van der Waals surface area contributed by atoms with Gasteiger partial charge in [0.2, 0.25) is 0 Å². The topological polar surface area (TPSA) is 66.6 Å². The molecule has 1 aromatic heterocycles. The van der Waals surface area contributed by atoms with Gasteiger partial charge < -0.3 is 14.4 Å². The molecule has 1 aromatic carbocycles. The van der Waals surface area contributed by atoms with E-state index in [4.69, 9.17) is 4.42 Å². The number of fused-ring (bicyclic) bond motifs is 1. The molecule has 1 fully saturated rings. The number of para-hydroxylation sites is 1. The fourth-order valence-corrected chi connectivity index (χ4v) is 2.59. The molecule has 0 bridgehead atoms. The minimum Gasteiger partial charge on any atom is -0.480 e. The second-order valence-electron chi connectivity index (χ2n) is 4.55. The maximum Gasteiger partial charge on any atom is 0.326 e. The average Bonchev–Trinajstić information content (AvgIpc) is 2.92. The number of oxazole rings is 1. The van der Waals surface area contributed by atoms with Gasteiger partial charge in [0.1, 0.15) is 11.6 Å². The number of carboxylic acid groups (broad SMARTS) is 1. The van der Waals surface area contributed by atoms with Crippen molar-refractivity contribution < 1.29 is 14.3 Å². The van der Waals surface area contributed by atoms with E-state index in [1.165, 1.54) is 0 Å². The molecular weight excluding hydrogens is 232 g/mol. The smallest absolute Gasteiger partial charge is 0.326 e. The normalized spacial score (nSPS) is 19.6. The summed E-state index contributed by atoms with van der Waals surface area (Å²) >= 11 is 0. The van der Waals surface area contributed by atoms with Crippen molar-refractivity contribution in [3.8, 4) is 0 Å². The Bertz CT molecular complexity index is 605. The Hall–Kier alpha value is -2.04. The van der Waals surface area contributed by atoms with Crippen molar-refractivity contribution in [3.63, 3.8) is 0 Å². The molecule has 0 aliphatic carbocycles. The van der Waals surface area contributed by atoms with E-state index in [9.17, 15) is 9.90 Å². The zero-order chi connectivity index (χ0) is 12.7. The first kappa shape index (κ1) is 11.1. The zero-order valence-electron chi connectivity index (χ0n) is 10.1. The minimum atomic E-state index is -0.773. The van der Waals surface area contributed by atoms with Gasteiger partial charge in [0.25, 0.3) is 0 Å². The summed E-state index contributed by atoms with van der Waals surface area (Å²) in [4.78, 5) is 17.5. The quantitative estimate of drug-likeness (QED) is 0.879. The number of anilines is 1. The van der Waals surface area contributed by atoms with E-state index in [2.05, 4.69) is 4.98 Å². The average molecular weight is 246 g/mol. The molecule has 1 aliphatic heterocycles. The minimum absolute atomic E-state index is 0.451. The van der Waals surface area contributed by atoms with Crippen LogP contribution in [-0.2, 0) is 4.79 Å². The molecule has 1 N–H and O–H groups in total. The SMILES string of the molecule is Cc1nc2c(N3CCCC3C(=O)O)cccc2o1. The molecule has 0 radical (unpaired) electrons. The monoisotopic (exact) mass is 246 g/mol. The van der Waals surface area contributed by atoms with Crippen molar-refractivity contribution in [3.05, 3.63) is 24.1 Å². The molecule has 3 rings (SSSR count). The van der Waals surface area contributed by atoms with Crippen LogP contribution in [0.4, 0.5) is 5.69 Å². The molecule has 2 aromatic rings. The summed E-state index contributed by atoms with van der Waals surface area (Å²) < 4.78 is 5.48. The molecular formula is C13H14N2O3. The van der Waals surface area contributed by atoms with Crippen LogP contribution in [0.3, 0.4) is 0 Å². The molecule has 5 nitrogen and oxygen atoms in total. The largest absolute Gasteiger partial charge is 0.480 e. The number of rotatable bonds is 2. The Balaban J connectivity index is 2.11. The Kier molecular flexibility index (Phi) is 2.47. The number of aliphatic carboxylic acids is 1. The molecule has 1 saturated heterocycles. The van der Waals surface area contributed by atoms with E-state index in [0.29, 0.717) is 17.9 Å². The van der Waals surface area contributed by atoms with Crippen LogP contribution in [0.15, 0.2) is 22.6 Å². The van der Waals surface area contributed by atoms with E-state index in [1.807, 2.05) is 23.1 Å². The van der Waals surface area contributed by atoms with Crippen LogP contribution >= 0.6 is 0 Å². The number of aryl methyl sites for hydroxylation is 1. The van der Waals surface area contributed by atoms with E-state index in [-0.39, 0.29) is 0 Å². The summed E-state index contributed by atoms with van der Waals surface area (Å²) in [7, 11) is 0. The predicted octanol–water partition coefficient (Wildman–Crippen LogP) is 2.19. The molecule has 1 aliphatic rings. The second kappa shape index (κ2) is 4.01. The fraction of sp³-hybridized carbons (Fsp3) is 0.385.